The minimum atomic E-state index is 0.304. The Hall–Kier alpha value is -0.520. The van der Waals surface area contributed by atoms with E-state index in [4.69, 9.17) is 5.73 Å². The molecule has 102 valence electrons. The molecule has 1 saturated heterocycles. The quantitative estimate of drug-likeness (QED) is 0.906. The zero-order valence-electron chi connectivity index (χ0n) is 11.5. The molecule has 1 fully saturated rings. The highest BCUT2D eigenvalue weighted by atomic mass is 32.2. The fourth-order valence-electron chi connectivity index (χ4n) is 2.59. The van der Waals surface area contributed by atoms with Crippen LogP contribution in [0.2, 0.25) is 0 Å². The van der Waals surface area contributed by atoms with Crippen molar-refractivity contribution in [2.24, 2.45) is 5.73 Å². The molecule has 1 aromatic heterocycles. The van der Waals surface area contributed by atoms with E-state index in [1.807, 2.05) is 12.5 Å². The largest absolute Gasteiger partial charge is 0.331 e. The highest BCUT2D eigenvalue weighted by Gasteiger charge is 2.26. The van der Waals surface area contributed by atoms with Gasteiger partial charge in [-0.1, -0.05) is 6.92 Å². The molecule has 0 aromatic carbocycles. The Morgan fingerprint density at radius 3 is 2.94 bits per heavy atom. The van der Waals surface area contributed by atoms with E-state index >= 15 is 0 Å². The molecule has 0 saturated carbocycles. The van der Waals surface area contributed by atoms with Gasteiger partial charge >= 0.3 is 0 Å². The lowest BCUT2D eigenvalue weighted by atomic mass is 10.1. The van der Waals surface area contributed by atoms with Gasteiger partial charge in [0.15, 0.2) is 0 Å². The van der Waals surface area contributed by atoms with Crippen LogP contribution in [0.3, 0.4) is 0 Å². The minimum Gasteiger partial charge on any atom is -0.331 e. The molecule has 0 amide bonds. The van der Waals surface area contributed by atoms with Crippen molar-refractivity contribution in [2.45, 2.75) is 38.1 Å². The summed E-state index contributed by atoms with van der Waals surface area (Å²) in [6.07, 6.45) is 3.90. The van der Waals surface area contributed by atoms with Gasteiger partial charge in [-0.2, -0.15) is 11.8 Å². The van der Waals surface area contributed by atoms with Crippen LogP contribution >= 0.6 is 11.8 Å². The van der Waals surface area contributed by atoms with Gasteiger partial charge in [-0.05, 0) is 13.8 Å². The van der Waals surface area contributed by atoms with Gasteiger partial charge in [0, 0.05) is 42.9 Å². The molecule has 1 aromatic rings. The summed E-state index contributed by atoms with van der Waals surface area (Å²) < 4.78 is 2.24. The zero-order chi connectivity index (χ0) is 13.1. The molecule has 2 N–H and O–H groups in total. The molecular weight excluding hydrogens is 244 g/mol. The second-order valence-electron chi connectivity index (χ2n) is 5.25. The number of nitrogens with two attached hydrogens (primary N) is 1. The second kappa shape index (κ2) is 6.08. The zero-order valence-corrected chi connectivity index (χ0v) is 12.4. The van der Waals surface area contributed by atoms with Crippen molar-refractivity contribution in [3.63, 3.8) is 0 Å². The summed E-state index contributed by atoms with van der Waals surface area (Å²) in [5, 5.41) is 0.697. The Bertz CT molecular complexity index is 377. The summed E-state index contributed by atoms with van der Waals surface area (Å²) in [6, 6.07) is 0.742. The van der Waals surface area contributed by atoms with Gasteiger partial charge in [-0.25, -0.2) is 4.98 Å². The lowest BCUT2D eigenvalue weighted by molar-refractivity contribution is 0.202. The standard InChI is InChI=1S/C13H24N4S/c1-10(2)17-9-15-7-13(17)12(6-14)16-4-5-18-11(3)8-16/h7,9-12H,4-6,8,14H2,1-3H3. The first kappa shape index (κ1) is 13.9. The number of rotatable bonds is 4. The van der Waals surface area contributed by atoms with Gasteiger partial charge in [0.05, 0.1) is 18.1 Å². The molecule has 0 aliphatic carbocycles. The first-order chi connectivity index (χ1) is 8.63. The van der Waals surface area contributed by atoms with Crippen LogP contribution in [0.4, 0.5) is 0 Å². The first-order valence-electron chi connectivity index (χ1n) is 6.71. The van der Waals surface area contributed by atoms with E-state index in [0.717, 1.165) is 13.1 Å². The van der Waals surface area contributed by atoms with Gasteiger partial charge < -0.3 is 10.3 Å². The second-order valence-corrected chi connectivity index (χ2v) is 6.79. The molecule has 0 radical (unpaired) electrons. The van der Waals surface area contributed by atoms with Crippen molar-refractivity contribution >= 4 is 11.8 Å². The Labute approximate surface area is 114 Å². The van der Waals surface area contributed by atoms with Gasteiger partial charge in [-0.3, -0.25) is 4.90 Å². The summed E-state index contributed by atoms with van der Waals surface area (Å²) in [6.45, 7) is 9.58. The van der Waals surface area contributed by atoms with Crippen LogP contribution in [-0.2, 0) is 0 Å². The van der Waals surface area contributed by atoms with Crippen molar-refractivity contribution in [1.29, 1.82) is 0 Å². The van der Waals surface area contributed by atoms with E-state index in [1.165, 1.54) is 11.4 Å². The molecule has 2 rings (SSSR count). The molecule has 2 unspecified atom stereocenters. The maximum absolute atomic E-state index is 6.02. The Morgan fingerprint density at radius 1 is 1.56 bits per heavy atom. The van der Waals surface area contributed by atoms with Crippen molar-refractivity contribution in [1.82, 2.24) is 14.5 Å². The fourth-order valence-corrected chi connectivity index (χ4v) is 3.63. The summed E-state index contributed by atoms with van der Waals surface area (Å²) in [5.74, 6) is 1.20. The smallest absolute Gasteiger partial charge is 0.0951 e. The number of imidazole rings is 1. The third-order valence-corrected chi connectivity index (χ3v) is 4.67. The maximum Gasteiger partial charge on any atom is 0.0951 e. The number of hydrogen-bond acceptors (Lipinski definition) is 4. The van der Waals surface area contributed by atoms with E-state index in [9.17, 15) is 0 Å². The monoisotopic (exact) mass is 268 g/mol. The van der Waals surface area contributed by atoms with E-state index < -0.39 is 0 Å². The molecule has 2 atom stereocenters. The molecule has 18 heavy (non-hydrogen) atoms. The molecule has 1 aliphatic rings. The summed E-state index contributed by atoms with van der Waals surface area (Å²) in [5.41, 5.74) is 7.28. The molecule has 2 heterocycles. The van der Waals surface area contributed by atoms with Crippen LogP contribution in [0.1, 0.15) is 38.5 Å². The van der Waals surface area contributed by atoms with Crippen molar-refractivity contribution < 1.29 is 0 Å². The Balaban J connectivity index is 2.19. The van der Waals surface area contributed by atoms with Crippen LogP contribution in [0.15, 0.2) is 12.5 Å². The summed E-state index contributed by atoms with van der Waals surface area (Å²) in [4.78, 5) is 6.81. The van der Waals surface area contributed by atoms with E-state index in [-0.39, 0.29) is 0 Å². The SMILES string of the molecule is CC1CN(C(CN)c2cncn2C(C)C)CCS1. The molecule has 1 aliphatic heterocycles. The summed E-state index contributed by atoms with van der Waals surface area (Å²) in [7, 11) is 0. The highest BCUT2D eigenvalue weighted by Crippen LogP contribution is 2.27. The molecule has 0 spiro atoms. The molecular formula is C13H24N4S. The topological polar surface area (TPSA) is 47.1 Å². The highest BCUT2D eigenvalue weighted by molar-refractivity contribution is 7.99. The predicted octanol–water partition coefficient (Wildman–Crippen LogP) is 1.90. The van der Waals surface area contributed by atoms with E-state index in [1.54, 1.807) is 0 Å². The lowest BCUT2D eigenvalue weighted by Crippen LogP contribution is -2.42. The van der Waals surface area contributed by atoms with Crippen molar-refractivity contribution in [3.8, 4) is 0 Å². The van der Waals surface area contributed by atoms with Crippen LogP contribution in [0.25, 0.3) is 0 Å². The van der Waals surface area contributed by atoms with Crippen LogP contribution in [0.5, 0.6) is 0 Å². The maximum atomic E-state index is 6.02. The number of nitrogens with zero attached hydrogens (tertiary/aromatic N) is 3. The fraction of sp³-hybridized carbons (Fsp3) is 0.769. The van der Waals surface area contributed by atoms with Crippen LogP contribution < -0.4 is 5.73 Å². The minimum absolute atomic E-state index is 0.304. The van der Waals surface area contributed by atoms with Gasteiger partial charge in [-0.15, -0.1) is 0 Å². The van der Waals surface area contributed by atoms with Gasteiger partial charge in [0.25, 0.3) is 0 Å². The van der Waals surface area contributed by atoms with Crippen LogP contribution in [-0.4, -0.2) is 45.1 Å². The Morgan fingerprint density at radius 2 is 2.33 bits per heavy atom. The van der Waals surface area contributed by atoms with E-state index in [0.29, 0.717) is 23.9 Å². The van der Waals surface area contributed by atoms with E-state index in [2.05, 4.69) is 47.0 Å². The molecule has 4 nitrogen and oxygen atoms in total. The van der Waals surface area contributed by atoms with Crippen LogP contribution in [0, 0.1) is 0 Å². The normalized spacial score (nSPS) is 23.5. The number of aromatic nitrogens is 2. The Kier molecular flexibility index (Phi) is 4.70. The van der Waals surface area contributed by atoms with Gasteiger partial charge in [0.1, 0.15) is 0 Å². The molecule has 0 bridgehead atoms. The van der Waals surface area contributed by atoms with Crippen molar-refractivity contribution in [2.75, 3.05) is 25.4 Å². The third kappa shape index (κ3) is 2.90. The summed E-state index contributed by atoms with van der Waals surface area (Å²) >= 11 is 2.05. The van der Waals surface area contributed by atoms with Crippen molar-refractivity contribution in [3.05, 3.63) is 18.2 Å². The predicted molar refractivity (Wildman–Crippen MR) is 77.9 cm³/mol. The lowest BCUT2D eigenvalue weighted by Gasteiger charge is -2.37. The third-order valence-electron chi connectivity index (χ3n) is 3.53. The first-order valence-corrected chi connectivity index (χ1v) is 7.75. The number of thioether (sulfide) groups is 1. The molecule has 5 heteroatoms. The van der Waals surface area contributed by atoms with Gasteiger partial charge in [0.2, 0.25) is 0 Å². The number of hydrogen-bond donors (Lipinski definition) is 1. The average Bonchev–Trinajstić information content (AvgIpc) is 2.79. The average molecular weight is 268 g/mol.